The maximum atomic E-state index is 13.1. The summed E-state index contributed by atoms with van der Waals surface area (Å²) in [7, 11) is 1.36. The number of benzene rings is 5. The van der Waals surface area contributed by atoms with E-state index in [1.54, 1.807) is 47.4 Å². The number of H-pyrrole nitrogens is 1. The molecule has 10 nitrogen and oxygen atoms in total. The number of carboxylic acid groups (broad SMARTS) is 1. The van der Waals surface area contributed by atoms with E-state index in [4.69, 9.17) is 28.3 Å². The smallest absolute Gasteiger partial charge is 0.340 e. The number of carbonyl (C=O) groups excluding carboxylic acids is 2. The lowest BCUT2D eigenvalue weighted by molar-refractivity contribution is 0.0601. The number of aromatic amines is 1. The number of ether oxygens (including phenoxy) is 1. The minimum Gasteiger partial charge on any atom is -0.478 e. The number of fused-ring (bicyclic) bond motifs is 2. The van der Waals surface area contributed by atoms with Gasteiger partial charge in [-0.15, -0.1) is 0 Å². The molecule has 270 valence electrons. The molecule has 1 atom stereocenters. The maximum absolute atomic E-state index is 13.1. The van der Waals surface area contributed by atoms with Crippen molar-refractivity contribution in [2.45, 2.75) is 24.8 Å². The largest absolute Gasteiger partial charge is 0.478 e. The number of alkyl halides is 1. The Balaban J connectivity index is 0.000000199. The number of methoxy groups -OCH3 is 1. The summed E-state index contributed by atoms with van der Waals surface area (Å²) < 4.78 is 6.42. The molecule has 0 saturated carbocycles. The molecule has 0 saturated heterocycles. The number of aromatic nitrogens is 4. The van der Waals surface area contributed by atoms with Crippen LogP contribution in [0, 0.1) is 0 Å². The summed E-state index contributed by atoms with van der Waals surface area (Å²) in [4.78, 5) is 35.4. The zero-order valence-corrected chi connectivity index (χ0v) is 31.7. The molecule has 5 aromatic carbocycles. The quantitative estimate of drug-likeness (QED) is 0.103. The first kappa shape index (κ1) is 38.7. The number of carbonyl (C=O) groups is 3. The first-order valence-corrected chi connectivity index (χ1v) is 18.1. The predicted molar refractivity (Wildman–Crippen MR) is 211 cm³/mol. The van der Waals surface area contributed by atoms with Gasteiger partial charge in [-0.2, -0.15) is 10.2 Å². The van der Waals surface area contributed by atoms with Gasteiger partial charge in [0.2, 0.25) is 0 Å². The molecule has 7 rings (SSSR count). The Hall–Kier alpha value is -5.49. The molecule has 1 amide bonds. The van der Waals surface area contributed by atoms with Crippen molar-refractivity contribution in [3.8, 4) is 0 Å². The molecule has 7 aromatic rings. The summed E-state index contributed by atoms with van der Waals surface area (Å²) in [6.07, 6.45) is 3.41. The first-order valence-electron chi connectivity index (χ1n) is 16.2. The second kappa shape index (κ2) is 18.3. The van der Waals surface area contributed by atoms with Crippen LogP contribution >= 0.6 is 39.1 Å². The van der Waals surface area contributed by atoms with Crippen molar-refractivity contribution in [3.63, 3.8) is 0 Å². The summed E-state index contributed by atoms with van der Waals surface area (Å²) in [6, 6.07) is 32.4. The number of nitrogens with zero attached hydrogens (tertiary/aromatic N) is 3. The molecule has 13 heteroatoms. The second-order valence-electron chi connectivity index (χ2n) is 11.7. The summed E-state index contributed by atoms with van der Waals surface area (Å²) in [5, 5.41) is 27.2. The number of hydrogen-bond donors (Lipinski definition) is 3. The number of amides is 1. The van der Waals surface area contributed by atoms with Crippen LogP contribution in [0.15, 0.2) is 122 Å². The van der Waals surface area contributed by atoms with E-state index in [1.807, 2.05) is 73.7 Å². The van der Waals surface area contributed by atoms with E-state index in [9.17, 15) is 14.4 Å². The number of rotatable bonds is 8. The molecule has 2 aromatic heterocycles. The zero-order chi connectivity index (χ0) is 37.9. The molecule has 0 bridgehead atoms. The molecule has 0 radical (unpaired) electrons. The van der Waals surface area contributed by atoms with Crippen LogP contribution < -0.4 is 5.32 Å². The number of hydrogen-bond acceptors (Lipinski definition) is 6. The predicted octanol–water partition coefficient (Wildman–Crippen LogP) is 9.51. The molecule has 53 heavy (non-hydrogen) atoms. The van der Waals surface area contributed by atoms with Crippen molar-refractivity contribution in [3.05, 3.63) is 165 Å². The van der Waals surface area contributed by atoms with Crippen molar-refractivity contribution in [2.24, 2.45) is 0 Å². The average Bonchev–Trinajstić information content (AvgIpc) is 3.82. The third kappa shape index (κ3) is 10.1. The molecule has 0 spiro atoms. The number of halogens is 3. The molecule has 0 unspecified atom stereocenters. The Morgan fingerprint density at radius 3 is 2.09 bits per heavy atom. The van der Waals surface area contributed by atoms with E-state index in [0.717, 1.165) is 37.8 Å². The van der Waals surface area contributed by atoms with Gasteiger partial charge < -0.3 is 15.2 Å². The molecule has 2 heterocycles. The molecule has 0 aliphatic heterocycles. The highest BCUT2D eigenvalue weighted by molar-refractivity contribution is 9.08. The third-order valence-electron chi connectivity index (χ3n) is 8.06. The Bertz CT molecular complexity index is 2360. The Morgan fingerprint density at radius 1 is 0.849 bits per heavy atom. The van der Waals surface area contributed by atoms with E-state index in [1.165, 1.54) is 24.8 Å². The molecule has 0 fully saturated rings. The Labute approximate surface area is 323 Å². The van der Waals surface area contributed by atoms with Gasteiger partial charge in [0.05, 0.1) is 59.8 Å². The fourth-order valence-corrected chi connectivity index (χ4v) is 6.17. The van der Waals surface area contributed by atoms with Gasteiger partial charge in [0.15, 0.2) is 0 Å². The van der Waals surface area contributed by atoms with Crippen molar-refractivity contribution in [1.29, 1.82) is 0 Å². The van der Waals surface area contributed by atoms with Gasteiger partial charge in [-0.25, -0.2) is 9.59 Å². The molecule has 0 aliphatic rings. The fraction of sp³-hybridized carbons (Fsp3) is 0.125. The van der Waals surface area contributed by atoms with Crippen LogP contribution in [0.4, 0.5) is 0 Å². The lowest BCUT2D eigenvalue weighted by Crippen LogP contribution is -2.27. The van der Waals surface area contributed by atoms with Gasteiger partial charge in [-0.1, -0.05) is 99.8 Å². The van der Waals surface area contributed by atoms with Crippen molar-refractivity contribution < 1.29 is 24.2 Å². The van der Waals surface area contributed by atoms with Crippen LogP contribution in [0.1, 0.15) is 60.7 Å². The van der Waals surface area contributed by atoms with E-state index < -0.39 is 5.97 Å². The summed E-state index contributed by atoms with van der Waals surface area (Å²) in [6.45, 7) is 2.34. The fourth-order valence-electron chi connectivity index (χ4n) is 5.40. The number of carboxylic acids is 1. The van der Waals surface area contributed by atoms with Gasteiger partial charge in [-0.05, 0) is 72.1 Å². The lowest BCUT2D eigenvalue weighted by atomic mass is 10.0. The topological polar surface area (TPSA) is 139 Å². The number of aromatic carboxylic acids is 1. The van der Waals surface area contributed by atoms with Crippen LogP contribution in [-0.2, 0) is 16.6 Å². The normalized spacial score (nSPS) is 11.1. The van der Waals surface area contributed by atoms with E-state index in [-0.39, 0.29) is 23.5 Å². The molecule has 3 N–H and O–H groups in total. The van der Waals surface area contributed by atoms with Gasteiger partial charge in [-0.3, -0.25) is 14.6 Å². The minimum absolute atomic E-state index is 0.206. The molecular formula is C40H34BrCl2N5O5. The van der Waals surface area contributed by atoms with Gasteiger partial charge in [0.1, 0.15) is 0 Å². The van der Waals surface area contributed by atoms with E-state index >= 15 is 0 Å². The number of para-hydroxylation sites is 2. The van der Waals surface area contributed by atoms with Crippen LogP contribution in [0.5, 0.6) is 0 Å². The molecule has 0 aliphatic carbocycles. The second-order valence-corrected chi connectivity index (χ2v) is 13.1. The highest BCUT2D eigenvalue weighted by Gasteiger charge is 2.18. The van der Waals surface area contributed by atoms with Crippen LogP contribution in [0.3, 0.4) is 0 Å². The molecular weight excluding hydrogens is 781 g/mol. The van der Waals surface area contributed by atoms with E-state index in [2.05, 4.69) is 41.3 Å². The lowest BCUT2D eigenvalue weighted by Gasteiger charge is -2.16. The van der Waals surface area contributed by atoms with Gasteiger partial charge in [0.25, 0.3) is 5.91 Å². The zero-order valence-electron chi connectivity index (χ0n) is 28.6. The highest BCUT2D eigenvalue weighted by Crippen LogP contribution is 2.23. The van der Waals surface area contributed by atoms with Crippen molar-refractivity contribution in [1.82, 2.24) is 25.3 Å². The number of esters is 1. The van der Waals surface area contributed by atoms with Crippen LogP contribution in [0.2, 0.25) is 10.0 Å². The summed E-state index contributed by atoms with van der Waals surface area (Å²) in [5.41, 5.74) is 5.71. The van der Waals surface area contributed by atoms with Crippen molar-refractivity contribution >= 4 is 78.8 Å². The summed E-state index contributed by atoms with van der Waals surface area (Å²) >= 11 is 15.1. The third-order valence-corrected chi connectivity index (χ3v) is 9.18. The van der Waals surface area contributed by atoms with Gasteiger partial charge >= 0.3 is 11.9 Å². The average molecular weight is 816 g/mol. The minimum atomic E-state index is -0.983. The maximum Gasteiger partial charge on any atom is 0.340 e. The van der Waals surface area contributed by atoms with E-state index in [0.29, 0.717) is 28.2 Å². The Morgan fingerprint density at radius 2 is 1.47 bits per heavy atom. The van der Waals surface area contributed by atoms with Crippen LogP contribution in [0.25, 0.3) is 21.8 Å². The van der Waals surface area contributed by atoms with Gasteiger partial charge in [0, 0.05) is 26.1 Å². The Kier molecular flexibility index (Phi) is 13.4. The SMILES string of the molecule is COC(=O)c1cccc2cn[nH]c12.C[C@H](NC(=O)c1cccc2cnn(Cc3cccc(Cl)c3)c12)c1ccc(C(=O)O)cc1.Clc1cccc(CBr)c1. The standard InChI is InChI=1S/C24H20ClN3O3.C9H8N2O2.C7H6BrCl/c1-15(17-8-10-18(11-9-17)24(30)31)27-23(29)21-7-3-5-19-13-26-28(22(19)21)14-16-4-2-6-20(25)12-16;1-13-9(12)7-4-2-3-6-5-10-11-8(6)7;8-5-6-2-1-3-7(9)4-6/h2-13,15H,14H2,1H3,(H,27,29)(H,30,31);2-5H,1H3,(H,10,11);1-4H,5H2/t15-;;/m0../s1. The highest BCUT2D eigenvalue weighted by atomic mass is 79.9. The first-order chi connectivity index (χ1) is 25.6. The summed E-state index contributed by atoms with van der Waals surface area (Å²) in [5.74, 6) is -1.56. The number of nitrogens with one attached hydrogen (secondary N) is 2. The van der Waals surface area contributed by atoms with Crippen molar-refractivity contribution in [2.75, 3.05) is 7.11 Å². The monoisotopic (exact) mass is 813 g/mol. The van der Waals surface area contributed by atoms with Crippen LogP contribution in [-0.4, -0.2) is 50.0 Å².